The van der Waals surface area contributed by atoms with E-state index in [9.17, 15) is 0 Å². The molecule has 2 N–H and O–H groups in total. The number of benzene rings is 1. The van der Waals surface area contributed by atoms with Crippen LogP contribution in [-0.2, 0) is 6.61 Å². The lowest BCUT2D eigenvalue weighted by Crippen LogP contribution is -2.06. The van der Waals surface area contributed by atoms with E-state index in [4.69, 9.17) is 22.1 Å². The topological polar surface area (TPSA) is 53.1 Å². The van der Waals surface area contributed by atoms with Crippen LogP contribution in [0.3, 0.4) is 0 Å². The Morgan fingerprint density at radius 2 is 2.10 bits per heavy atom. The van der Waals surface area contributed by atoms with Gasteiger partial charge in [-0.15, -0.1) is 0 Å². The van der Waals surface area contributed by atoms with Crippen molar-refractivity contribution in [1.29, 1.82) is 0 Å². The number of anilines is 1. The molecule has 2 aromatic rings. The smallest absolute Gasteiger partial charge is 0.142 e. The van der Waals surface area contributed by atoms with E-state index < -0.39 is 0 Å². The fourth-order valence-corrected chi connectivity index (χ4v) is 2.81. The Bertz CT molecular complexity index is 591. The van der Waals surface area contributed by atoms with E-state index in [1.165, 1.54) is 25.7 Å². The van der Waals surface area contributed by atoms with Gasteiger partial charge < -0.3 is 10.5 Å². The first-order valence-corrected chi connectivity index (χ1v) is 7.32. The lowest BCUT2D eigenvalue weighted by molar-refractivity contribution is 0.299. The molecule has 0 bridgehead atoms. The van der Waals surface area contributed by atoms with Crippen LogP contribution in [0, 0.1) is 0 Å². The molecular weight excluding hydrogens is 274 g/mol. The van der Waals surface area contributed by atoms with Gasteiger partial charge >= 0.3 is 0 Å². The van der Waals surface area contributed by atoms with Crippen molar-refractivity contribution in [1.82, 2.24) is 9.78 Å². The van der Waals surface area contributed by atoms with Gasteiger partial charge in [0.2, 0.25) is 0 Å². The number of hydrogen-bond donors (Lipinski definition) is 1. The molecule has 106 valence electrons. The summed E-state index contributed by atoms with van der Waals surface area (Å²) in [5.74, 6) is 0.643. The summed E-state index contributed by atoms with van der Waals surface area (Å²) in [6.45, 7) is 0.422. The summed E-state index contributed by atoms with van der Waals surface area (Å²) in [4.78, 5) is 0. The molecule has 0 radical (unpaired) electrons. The summed E-state index contributed by atoms with van der Waals surface area (Å²) >= 11 is 5.86. The zero-order valence-electron chi connectivity index (χ0n) is 11.3. The van der Waals surface area contributed by atoms with Crippen molar-refractivity contribution in [2.45, 2.75) is 38.3 Å². The number of halogens is 1. The number of nitrogens with zero attached hydrogens (tertiary/aromatic N) is 2. The SMILES string of the molecule is Nc1cc(Cl)ccc1OCc1ccn(C2CCCC2)n1. The molecule has 3 rings (SSSR count). The van der Waals surface area contributed by atoms with Gasteiger partial charge in [0.25, 0.3) is 0 Å². The third-order valence-corrected chi connectivity index (χ3v) is 3.94. The molecule has 1 aromatic carbocycles. The predicted octanol–water partition coefficient (Wildman–Crippen LogP) is 3.81. The molecule has 1 heterocycles. The van der Waals surface area contributed by atoms with Gasteiger partial charge in [-0.1, -0.05) is 24.4 Å². The second kappa shape index (κ2) is 5.75. The average molecular weight is 292 g/mol. The fourth-order valence-electron chi connectivity index (χ4n) is 2.63. The quantitative estimate of drug-likeness (QED) is 0.872. The summed E-state index contributed by atoms with van der Waals surface area (Å²) in [6, 6.07) is 7.80. The van der Waals surface area contributed by atoms with Crippen molar-refractivity contribution in [3.8, 4) is 5.75 Å². The van der Waals surface area contributed by atoms with Crippen LogP contribution in [0.4, 0.5) is 5.69 Å². The number of hydrogen-bond acceptors (Lipinski definition) is 3. The maximum Gasteiger partial charge on any atom is 0.142 e. The Balaban J connectivity index is 1.63. The molecule has 1 aliphatic rings. The minimum atomic E-state index is 0.422. The standard InChI is InChI=1S/C15H18ClN3O/c16-11-5-6-15(14(17)9-11)20-10-12-7-8-19(18-12)13-3-1-2-4-13/h5-9,13H,1-4,10,17H2. The fraction of sp³-hybridized carbons (Fsp3) is 0.400. The Kier molecular flexibility index (Phi) is 3.83. The summed E-state index contributed by atoms with van der Waals surface area (Å²) in [6.07, 6.45) is 7.10. The molecule has 0 unspecified atom stereocenters. The van der Waals surface area contributed by atoms with Gasteiger partial charge in [-0.3, -0.25) is 4.68 Å². The molecule has 1 aliphatic carbocycles. The normalized spacial score (nSPS) is 15.7. The van der Waals surface area contributed by atoms with Gasteiger partial charge in [0.1, 0.15) is 12.4 Å². The highest BCUT2D eigenvalue weighted by molar-refractivity contribution is 6.30. The monoisotopic (exact) mass is 291 g/mol. The third kappa shape index (κ3) is 2.90. The van der Waals surface area contributed by atoms with Crippen LogP contribution in [0.15, 0.2) is 30.5 Å². The van der Waals surface area contributed by atoms with Crippen molar-refractivity contribution in [3.05, 3.63) is 41.2 Å². The van der Waals surface area contributed by atoms with Crippen LogP contribution >= 0.6 is 11.6 Å². The van der Waals surface area contributed by atoms with Crippen LogP contribution < -0.4 is 10.5 Å². The van der Waals surface area contributed by atoms with E-state index in [0.717, 1.165) is 5.69 Å². The first kappa shape index (κ1) is 13.3. The molecule has 20 heavy (non-hydrogen) atoms. The van der Waals surface area contributed by atoms with Crippen molar-refractivity contribution in [2.75, 3.05) is 5.73 Å². The number of nitrogens with two attached hydrogens (primary N) is 1. The zero-order chi connectivity index (χ0) is 13.9. The molecule has 5 heteroatoms. The number of rotatable bonds is 4. The van der Waals surface area contributed by atoms with Gasteiger partial charge in [0.05, 0.1) is 17.4 Å². The predicted molar refractivity (Wildman–Crippen MR) is 79.9 cm³/mol. The maximum absolute atomic E-state index is 5.86. The van der Waals surface area contributed by atoms with Crippen LogP contribution in [0.5, 0.6) is 5.75 Å². The van der Waals surface area contributed by atoms with Gasteiger partial charge in [0, 0.05) is 11.2 Å². The molecular formula is C15H18ClN3O. The van der Waals surface area contributed by atoms with Gasteiger partial charge in [-0.2, -0.15) is 5.10 Å². The van der Waals surface area contributed by atoms with Crippen LogP contribution in [-0.4, -0.2) is 9.78 Å². The third-order valence-electron chi connectivity index (χ3n) is 3.71. The molecule has 1 saturated carbocycles. The Morgan fingerprint density at radius 3 is 2.85 bits per heavy atom. The largest absolute Gasteiger partial charge is 0.485 e. The minimum Gasteiger partial charge on any atom is -0.485 e. The van der Waals surface area contributed by atoms with E-state index in [1.807, 2.05) is 12.3 Å². The molecule has 0 spiro atoms. The molecule has 1 aromatic heterocycles. The molecule has 1 fully saturated rings. The number of ether oxygens (including phenoxy) is 1. The maximum atomic E-state index is 5.86. The average Bonchev–Trinajstić information content (AvgIpc) is 3.08. The van der Waals surface area contributed by atoms with Crippen LogP contribution in [0.2, 0.25) is 5.02 Å². The van der Waals surface area contributed by atoms with E-state index in [1.54, 1.807) is 18.2 Å². The molecule has 0 saturated heterocycles. The van der Waals surface area contributed by atoms with Crippen LogP contribution in [0.25, 0.3) is 0 Å². The van der Waals surface area contributed by atoms with Gasteiger partial charge in [-0.25, -0.2) is 0 Å². The summed E-state index contributed by atoms with van der Waals surface area (Å²) in [5, 5.41) is 5.19. The lowest BCUT2D eigenvalue weighted by Gasteiger charge is -2.09. The van der Waals surface area contributed by atoms with Crippen molar-refractivity contribution < 1.29 is 4.74 Å². The Labute approximate surface area is 123 Å². The molecule has 0 aliphatic heterocycles. The van der Waals surface area contributed by atoms with E-state index >= 15 is 0 Å². The van der Waals surface area contributed by atoms with E-state index in [-0.39, 0.29) is 0 Å². The van der Waals surface area contributed by atoms with Crippen molar-refractivity contribution in [3.63, 3.8) is 0 Å². The van der Waals surface area contributed by atoms with E-state index in [2.05, 4.69) is 9.78 Å². The number of nitrogen functional groups attached to an aromatic ring is 1. The molecule has 0 amide bonds. The first-order valence-electron chi connectivity index (χ1n) is 6.94. The van der Waals surface area contributed by atoms with Crippen LogP contribution in [0.1, 0.15) is 37.4 Å². The molecule has 0 atom stereocenters. The highest BCUT2D eigenvalue weighted by atomic mass is 35.5. The lowest BCUT2D eigenvalue weighted by atomic mass is 10.3. The number of aromatic nitrogens is 2. The highest BCUT2D eigenvalue weighted by Crippen LogP contribution is 2.29. The summed E-state index contributed by atoms with van der Waals surface area (Å²) < 4.78 is 7.76. The van der Waals surface area contributed by atoms with Gasteiger partial charge in [0.15, 0.2) is 0 Å². The Hall–Kier alpha value is -1.68. The molecule has 4 nitrogen and oxygen atoms in total. The zero-order valence-corrected chi connectivity index (χ0v) is 12.0. The van der Waals surface area contributed by atoms with E-state index in [0.29, 0.717) is 29.1 Å². The first-order chi connectivity index (χ1) is 9.72. The van der Waals surface area contributed by atoms with Gasteiger partial charge in [-0.05, 0) is 37.1 Å². The Morgan fingerprint density at radius 1 is 1.30 bits per heavy atom. The summed E-state index contributed by atoms with van der Waals surface area (Å²) in [5.41, 5.74) is 7.33. The highest BCUT2D eigenvalue weighted by Gasteiger charge is 2.17. The second-order valence-corrected chi connectivity index (χ2v) is 5.63. The van der Waals surface area contributed by atoms with Crippen molar-refractivity contribution >= 4 is 17.3 Å². The van der Waals surface area contributed by atoms with Crippen molar-refractivity contribution in [2.24, 2.45) is 0 Å². The second-order valence-electron chi connectivity index (χ2n) is 5.20. The summed E-state index contributed by atoms with van der Waals surface area (Å²) in [7, 11) is 0. The minimum absolute atomic E-state index is 0.422.